The molecule has 2 aromatic carbocycles. The molecule has 9 heteroatoms. The highest BCUT2D eigenvalue weighted by atomic mass is 32.2. The topological polar surface area (TPSA) is 66.8 Å². The maximum absolute atomic E-state index is 13.7. The Kier molecular flexibility index (Phi) is 4.96. The predicted molar refractivity (Wildman–Crippen MR) is 105 cm³/mol. The zero-order valence-corrected chi connectivity index (χ0v) is 16.2. The van der Waals surface area contributed by atoms with Gasteiger partial charge in [0, 0.05) is 10.9 Å². The zero-order valence-electron chi connectivity index (χ0n) is 14.6. The molecule has 0 aromatic heterocycles. The minimum absolute atomic E-state index is 0.000673. The van der Waals surface area contributed by atoms with E-state index in [1.54, 1.807) is 11.0 Å². The first-order valence-electron chi connectivity index (χ1n) is 8.58. The summed E-state index contributed by atoms with van der Waals surface area (Å²) in [5.74, 6) is -1.34. The van der Waals surface area contributed by atoms with Crippen molar-refractivity contribution in [1.29, 1.82) is 0 Å². The number of halogens is 2. The van der Waals surface area contributed by atoms with Crippen LogP contribution in [0.15, 0.2) is 53.5 Å². The second-order valence-electron chi connectivity index (χ2n) is 6.74. The van der Waals surface area contributed by atoms with Gasteiger partial charge in [-0.1, -0.05) is 30.0 Å². The van der Waals surface area contributed by atoms with Crippen LogP contribution in [-0.4, -0.2) is 42.3 Å². The van der Waals surface area contributed by atoms with Gasteiger partial charge in [-0.25, -0.2) is 17.2 Å². The number of hydrogen-bond donors (Lipinski definition) is 0. The van der Waals surface area contributed by atoms with Gasteiger partial charge in [0.2, 0.25) is 0 Å². The largest absolute Gasteiger partial charge is 0.315 e. The molecule has 0 radical (unpaired) electrons. The average Bonchev–Trinajstić information content (AvgIpc) is 3.07. The quantitative estimate of drug-likeness (QED) is 0.761. The number of sulfone groups is 1. The van der Waals surface area contributed by atoms with Crippen molar-refractivity contribution in [2.45, 2.75) is 17.7 Å². The van der Waals surface area contributed by atoms with Crippen LogP contribution in [0.25, 0.3) is 0 Å². The third-order valence-corrected chi connectivity index (χ3v) is 7.85. The number of carbonyl (C=O) groups excluding carboxylic acids is 1. The van der Waals surface area contributed by atoms with Crippen LogP contribution in [0.1, 0.15) is 5.56 Å². The summed E-state index contributed by atoms with van der Waals surface area (Å²) in [5, 5.41) is 0.105. The van der Waals surface area contributed by atoms with Crippen LogP contribution in [0.3, 0.4) is 0 Å². The Morgan fingerprint density at radius 1 is 1.11 bits per heavy atom. The number of hydrogen-bond acceptors (Lipinski definition) is 4. The average molecular weight is 422 g/mol. The van der Waals surface area contributed by atoms with Crippen LogP contribution < -0.4 is 4.90 Å². The molecule has 146 valence electrons. The van der Waals surface area contributed by atoms with Gasteiger partial charge in [0.05, 0.1) is 24.0 Å². The van der Waals surface area contributed by atoms with Crippen molar-refractivity contribution in [2.24, 2.45) is 4.99 Å². The Bertz CT molecular complexity index is 1060. The molecule has 28 heavy (non-hydrogen) atoms. The van der Waals surface area contributed by atoms with E-state index in [-0.39, 0.29) is 29.0 Å². The van der Waals surface area contributed by atoms with E-state index < -0.39 is 27.6 Å². The SMILES string of the molecule is O=C(Cc1ccc(F)cc1)N=C1S[C@@H]2CS(=O)(=O)C[C@@H]2N1c1cccc(F)c1. The standard InChI is InChI=1S/C19H16F2N2O3S2/c20-13-6-4-12(5-7-13)8-18(24)22-19-23(15-3-1-2-14(21)9-15)16-10-28(25,26)11-17(16)27-19/h1-7,9,16-17H,8,10-11H2/t16-,17+/m0/s1. The lowest BCUT2D eigenvalue weighted by molar-refractivity contribution is -0.117. The Balaban J connectivity index is 1.63. The molecular formula is C19H16F2N2O3S2. The maximum Gasteiger partial charge on any atom is 0.252 e. The number of thioether (sulfide) groups is 1. The summed E-state index contributed by atoms with van der Waals surface area (Å²) < 4.78 is 50.8. The maximum atomic E-state index is 13.7. The molecule has 2 aliphatic rings. The monoisotopic (exact) mass is 422 g/mol. The van der Waals surface area contributed by atoms with Crippen LogP contribution in [0.2, 0.25) is 0 Å². The number of carbonyl (C=O) groups is 1. The van der Waals surface area contributed by atoms with E-state index in [1.807, 2.05) is 0 Å². The fraction of sp³-hybridized carbons (Fsp3) is 0.263. The van der Waals surface area contributed by atoms with Crippen molar-refractivity contribution < 1.29 is 22.0 Å². The van der Waals surface area contributed by atoms with E-state index in [1.165, 1.54) is 54.2 Å². The lowest BCUT2D eigenvalue weighted by atomic mass is 10.1. The van der Waals surface area contributed by atoms with Gasteiger partial charge in [0.25, 0.3) is 5.91 Å². The summed E-state index contributed by atoms with van der Waals surface area (Å²) in [4.78, 5) is 18.2. The van der Waals surface area contributed by atoms with E-state index in [0.717, 1.165) is 0 Å². The Morgan fingerprint density at radius 2 is 1.86 bits per heavy atom. The molecular weight excluding hydrogens is 406 g/mol. The van der Waals surface area contributed by atoms with Crippen LogP contribution in [0.5, 0.6) is 0 Å². The Morgan fingerprint density at radius 3 is 2.57 bits per heavy atom. The number of amidine groups is 1. The summed E-state index contributed by atoms with van der Waals surface area (Å²) in [7, 11) is -3.19. The highest BCUT2D eigenvalue weighted by Crippen LogP contribution is 2.41. The Hall–Kier alpha value is -2.26. The smallest absolute Gasteiger partial charge is 0.252 e. The predicted octanol–water partition coefficient (Wildman–Crippen LogP) is 2.81. The molecule has 4 rings (SSSR count). The molecule has 0 aliphatic carbocycles. The van der Waals surface area contributed by atoms with Crippen molar-refractivity contribution in [3.8, 4) is 0 Å². The zero-order chi connectivity index (χ0) is 19.9. The number of aliphatic imine (C=N–C) groups is 1. The van der Waals surface area contributed by atoms with Crippen molar-refractivity contribution in [3.63, 3.8) is 0 Å². The van der Waals surface area contributed by atoms with E-state index in [0.29, 0.717) is 16.4 Å². The lowest BCUT2D eigenvalue weighted by Gasteiger charge is -2.24. The first-order valence-corrected chi connectivity index (χ1v) is 11.3. The van der Waals surface area contributed by atoms with Crippen molar-refractivity contribution in [3.05, 3.63) is 65.7 Å². The number of anilines is 1. The first kappa shape index (κ1) is 19.1. The molecule has 2 aromatic rings. The molecule has 1 amide bonds. The molecule has 2 saturated heterocycles. The van der Waals surface area contributed by atoms with E-state index in [2.05, 4.69) is 4.99 Å². The van der Waals surface area contributed by atoms with Crippen LogP contribution in [-0.2, 0) is 21.1 Å². The summed E-state index contributed by atoms with van der Waals surface area (Å²) in [6, 6.07) is 11.0. The number of nitrogens with zero attached hydrogens (tertiary/aromatic N) is 2. The second-order valence-corrected chi connectivity index (χ2v) is 10.1. The van der Waals surface area contributed by atoms with Gasteiger partial charge in [-0.15, -0.1) is 0 Å². The number of rotatable bonds is 3. The summed E-state index contributed by atoms with van der Waals surface area (Å²) >= 11 is 1.23. The van der Waals surface area contributed by atoms with E-state index >= 15 is 0 Å². The minimum atomic E-state index is -3.19. The van der Waals surface area contributed by atoms with Crippen molar-refractivity contribution in [2.75, 3.05) is 16.4 Å². The van der Waals surface area contributed by atoms with Gasteiger partial charge in [-0.2, -0.15) is 4.99 Å². The van der Waals surface area contributed by atoms with Crippen molar-refractivity contribution >= 4 is 38.4 Å². The first-order chi connectivity index (χ1) is 13.3. The van der Waals surface area contributed by atoms with Gasteiger partial charge in [-0.3, -0.25) is 4.79 Å². The molecule has 0 N–H and O–H groups in total. The van der Waals surface area contributed by atoms with Gasteiger partial charge >= 0.3 is 0 Å². The van der Waals surface area contributed by atoms with Gasteiger partial charge in [0.1, 0.15) is 11.6 Å². The van der Waals surface area contributed by atoms with Crippen LogP contribution >= 0.6 is 11.8 Å². The number of benzene rings is 2. The number of amides is 1. The molecule has 0 spiro atoms. The third-order valence-electron chi connectivity index (χ3n) is 4.64. The van der Waals surface area contributed by atoms with Crippen LogP contribution in [0, 0.1) is 11.6 Å². The third kappa shape index (κ3) is 3.95. The van der Waals surface area contributed by atoms with Gasteiger partial charge in [-0.05, 0) is 35.9 Å². The van der Waals surface area contributed by atoms with Gasteiger partial charge in [0.15, 0.2) is 15.0 Å². The molecule has 2 fully saturated rings. The van der Waals surface area contributed by atoms with Gasteiger partial charge < -0.3 is 4.90 Å². The fourth-order valence-corrected chi connectivity index (χ4v) is 7.35. The summed E-state index contributed by atoms with van der Waals surface area (Å²) in [5.41, 5.74) is 1.09. The summed E-state index contributed by atoms with van der Waals surface area (Å²) in [6.07, 6.45) is -0.00500. The minimum Gasteiger partial charge on any atom is -0.315 e. The molecule has 0 saturated carbocycles. The van der Waals surface area contributed by atoms with E-state index in [9.17, 15) is 22.0 Å². The molecule has 0 unspecified atom stereocenters. The molecule has 2 heterocycles. The fourth-order valence-electron chi connectivity index (χ4n) is 3.42. The highest BCUT2D eigenvalue weighted by Gasteiger charge is 2.49. The summed E-state index contributed by atoms with van der Waals surface area (Å²) in [6.45, 7) is 0. The second kappa shape index (κ2) is 7.29. The normalized spacial score (nSPS) is 24.5. The molecule has 2 aliphatic heterocycles. The van der Waals surface area contributed by atoms with E-state index in [4.69, 9.17) is 0 Å². The lowest BCUT2D eigenvalue weighted by Crippen LogP contribution is -2.37. The molecule has 5 nitrogen and oxygen atoms in total. The Labute approximate surface area is 165 Å². The number of fused-ring (bicyclic) bond motifs is 1. The highest BCUT2D eigenvalue weighted by molar-refractivity contribution is 8.16. The van der Waals surface area contributed by atoms with Crippen LogP contribution in [0.4, 0.5) is 14.5 Å². The molecule has 2 atom stereocenters. The van der Waals surface area contributed by atoms with Crippen molar-refractivity contribution in [1.82, 2.24) is 0 Å². The molecule has 0 bridgehead atoms.